The van der Waals surface area contributed by atoms with E-state index in [1.165, 1.54) is 7.11 Å². The predicted molar refractivity (Wildman–Crippen MR) is 71.7 cm³/mol. The van der Waals surface area contributed by atoms with Crippen LogP contribution in [0.5, 0.6) is 0 Å². The van der Waals surface area contributed by atoms with Gasteiger partial charge in [0.05, 0.1) is 20.1 Å². The average molecular weight is 261 g/mol. The number of carbonyl (C=O) groups excluding carboxylic acids is 2. The Hall–Kier alpha value is -1.68. The summed E-state index contributed by atoms with van der Waals surface area (Å²) in [6.45, 7) is 2.18. The second kappa shape index (κ2) is 6.48. The minimum absolute atomic E-state index is 0.234. The number of hydrogen-bond donors (Lipinski definition) is 0. The van der Waals surface area contributed by atoms with Crippen molar-refractivity contribution < 1.29 is 14.3 Å². The number of rotatable bonds is 4. The number of nitrogens with zero attached hydrogens (tertiary/aromatic N) is 1. The van der Waals surface area contributed by atoms with Crippen molar-refractivity contribution in [3.8, 4) is 0 Å². The van der Waals surface area contributed by atoms with Crippen molar-refractivity contribution in [1.82, 2.24) is 4.90 Å². The third-order valence-electron chi connectivity index (χ3n) is 3.40. The van der Waals surface area contributed by atoms with Gasteiger partial charge < -0.3 is 4.74 Å². The fourth-order valence-corrected chi connectivity index (χ4v) is 2.40. The van der Waals surface area contributed by atoms with Crippen LogP contribution in [-0.4, -0.2) is 36.9 Å². The summed E-state index contributed by atoms with van der Waals surface area (Å²) in [6.07, 6.45) is 1.91. The lowest BCUT2D eigenvalue weighted by molar-refractivity contribution is -0.139. The van der Waals surface area contributed by atoms with Crippen LogP contribution in [0, 0.1) is 0 Å². The van der Waals surface area contributed by atoms with Crippen molar-refractivity contribution in [1.29, 1.82) is 0 Å². The first-order valence-corrected chi connectivity index (χ1v) is 6.56. The Morgan fingerprint density at radius 3 is 2.74 bits per heavy atom. The van der Waals surface area contributed by atoms with E-state index in [0.717, 1.165) is 30.6 Å². The summed E-state index contributed by atoms with van der Waals surface area (Å²) in [6, 6.07) is 7.83. The smallest absolute Gasteiger partial charge is 0.309 e. The van der Waals surface area contributed by atoms with E-state index in [-0.39, 0.29) is 12.4 Å². The highest BCUT2D eigenvalue weighted by Crippen LogP contribution is 2.15. The number of carbonyl (C=O) groups is 2. The van der Waals surface area contributed by atoms with Crippen LogP contribution in [-0.2, 0) is 27.3 Å². The molecule has 1 aliphatic heterocycles. The molecule has 0 atom stereocenters. The van der Waals surface area contributed by atoms with Crippen molar-refractivity contribution >= 4 is 11.8 Å². The van der Waals surface area contributed by atoms with Gasteiger partial charge in [-0.15, -0.1) is 0 Å². The van der Waals surface area contributed by atoms with E-state index >= 15 is 0 Å². The molecule has 0 unspecified atom stereocenters. The summed E-state index contributed by atoms with van der Waals surface area (Å²) in [5, 5.41) is 0. The van der Waals surface area contributed by atoms with Crippen LogP contribution in [0.15, 0.2) is 24.3 Å². The molecule has 4 heteroatoms. The quantitative estimate of drug-likeness (QED) is 0.772. The van der Waals surface area contributed by atoms with Crippen LogP contribution in [0.2, 0.25) is 0 Å². The number of hydrogen-bond acceptors (Lipinski definition) is 4. The van der Waals surface area contributed by atoms with E-state index in [2.05, 4.69) is 4.90 Å². The first-order chi connectivity index (χ1) is 9.19. The maximum absolute atomic E-state index is 11.5. The van der Waals surface area contributed by atoms with Gasteiger partial charge in [-0.2, -0.15) is 0 Å². The molecule has 1 aliphatic rings. The van der Waals surface area contributed by atoms with Gasteiger partial charge in [0.2, 0.25) is 0 Å². The van der Waals surface area contributed by atoms with E-state index in [4.69, 9.17) is 4.74 Å². The molecule has 1 heterocycles. The first kappa shape index (κ1) is 13.7. The second-order valence-corrected chi connectivity index (χ2v) is 4.87. The molecule has 0 saturated carbocycles. The average Bonchev–Trinajstić information content (AvgIpc) is 2.41. The van der Waals surface area contributed by atoms with E-state index in [0.29, 0.717) is 18.7 Å². The fourth-order valence-electron chi connectivity index (χ4n) is 2.40. The van der Waals surface area contributed by atoms with E-state index in [9.17, 15) is 9.59 Å². The van der Waals surface area contributed by atoms with Crippen molar-refractivity contribution in [3.05, 3.63) is 35.4 Å². The number of ketones is 1. The summed E-state index contributed by atoms with van der Waals surface area (Å²) in [7, 11) is 1.40. The van der Waals surface area contributed by atoms with Crippen LogP contribution in [0.3, 0.4) is 0 Å². The predicted octanol–water partition coefficient (Wildman–Crippen LogP) is 1.57. The lowest BCUT2D eigenvalue weighted by Gasteiger charge is -2.26. The lowest BCUT2D eigenvalue weighted by Crippen LogP contribution is -2.35. The molecule has 0 N–H and O–H groups in total. The maximum atomic E-state index is 11.5. The molecule has 1 fully saturated rings. The Balaban J connectivity index is 2.06. The summed E-state index contributed by atoms with van der Waals surface area (Å²) >= 11 is 0. The maximum Gasteiger partial charge on any atom is 0.309 e. The van der Waals surface area contributed by atoms with Crippen LogP contribution in [0.4, 0.5) is 0 Å². The van der Waals surface area contributed by atoms with Gasteiger partial charge in [0, 0.05) is 13.0 Å². The number of ether oxygens (including phenoxy) is 1. The number of likely N-dealkylation sites (tertiary alicyclic amines) is 1. The molecule has 1 aromatic rings. The molecule has 1 saturated heterocycles. The highest BCUT2D eigenvalue weighted by Gasteiger charge is 2.18. The molecule has 0 bridgehead atoms. The zero-order valence-electron chi connectivity index (χ0n) is 11.2. The monoisotopic (exact) mass is 261 g/mol. The van der Waals surface area contributed by atoms with Gasteiger partial charge in [-0.3, -0.25) is 14.5 Å². The van der Waals surface area contributed by atoms with Gasteiger partial charge >= 0.3 is 5.97 Å². The Morgan fingerprint density at radius 2 is 2.05 bits per heavy atom. The highest BCUT2D eigenvalue weighted by molar-refractivity contribution is 5.81. The van der Waals surface area contributed by atoms with Gasteiger partial charge in [0.1, 0.15) is 5.78 Å². The molecule has 0 aliphatic carbocycles. The normalized spacial score (nSPS) is 16.4. The van der Waals surface area contributed by atoms with Crippen molar-refractivity contribution in [2.45, 2.75) is 25.8 Å². The molecule has 0 amide bonds. The first-order valence-electron chi connectivity index (χ1n) is 6.56. The van der Waals surface area contributed by atoms with Crippen molar-refractivity contribution in [3.63, 3.8) is 0 Å². The Kier molecular flexibility index (Phi) is 4.68. The van der Waals surface area contributed by atoms with Gasteiger partial charge in [-0.25, -0.2) is 0 Å². The van der Waals surface area contributed by atoms with Crippen LogP contribution in [0.25, 0.3) is 0 Å². The standard InChI is InChI=1S/C15H19NO3/c1-19-15(18)9-12-5-2-3-6-13(12)10-16-8-4-7-14(17)11-16/h2-3,5-6H,4,7-11H2,1H3. The molecule has 102 valence electrons. The number of methoxy groups -OCH3 is 1. The van der Waals surface area contributed by atoms with Crippen molar-refractivity contribution in [2.24, 2.45) is 0 Å². The molecular formula is C15H19NO3. The molecule has 19 heavy (non-hydrogen) atoms. The number of benzene rings is 1. The van der Waals surface area contributed by atoms with Crippen molar-refractivity contribution in [2.75, 3.05) is 20.2 Å². The number of piperidine rings is 1. The number of esters is 1. The molecule has 0 aromatic heterocycles. The summed E-state index contributed by atoms with van der Waals surface area (Å²) in [5.41, 5.74) is 2.08. The second-order valence-electron chi connectivity index (χ2n) is 4.87. The van der Waals surface area contributed by atoms with E-state index < -0.39 is 0 Å². The zero-order valence-corrected chi connectivity index (χ0v) is 11.2. The zero-order chi connectivity index (χ0) is 13.7. The van der Waals surface area contributed by atoms with Gasteiger partial charge in [-0.05, 0) is 24.1 Å². The molecular weight excluding hydrogens is 242 g/mol. The van der Waals surface area contributed by atoms with Crippen LogP contribution in [0.1, 0.15) is 24.0 Å². The van der Waals surface area contributed by atoms with Crippen LogP contribution < -0.4 is 0 Å². The summed E-state index contributed by atoms with van der Waals surface area (Å²) in [4.78, 5) is 25.0. The SMILES string of the molecule is COC(=O)Cc1ccccc1CN1CCCC(=O)C1. The Labute approximate surface area is 113 Å². The topological polar surface area (TPSA) is 46.6 Å². The number of Topliss-reactive ketones (excluding diaryl/α,β-unsaturated/α-hetero) is 1. The minimum atomic E-state index is -0.234. The lowest BCUT2D eigenvalue weighted by atomic mass is 10.0. The molecule has 4 nitrogen and oxygen atoms in total. The largest absolute Gasteiger partial charge is 0.469 e. The Morgan fingerprint density at radius 1 is 1.32 bits per heavy atom. The summed E-state index contributed by atoms with van der Waals surface area (Å²) < 4.78 is 4.71. The molecule has 1 aromatic carbocycles. The van der Waals surface area contributed by atoms with E-state index in [1.54, 1.807) is 0 Å². The minimum Gasteiger partial charge on any atom is -0.469 e. The highest BCUT2D eigenvalue weighted by atomic mass is 16.5. The fraction of sp³-hybridized carbons (Fsp3) is 0.467. The van der Waals surface area contributed by atoms with Gasteiger partial charge in [0.15, 0.2) is 0 Å². The van der Waals surface area contributed by atoms with Crippen LogP contribution >= 0.6 is 0 Å². The Bertz CT molecular complexity index is 470. The molecule has 0 spiro atoms. The van der Waals surface area contributed by atoms with Gasteiger partial charge in [0.25, 0.3) is 0 Å². The third kappa shape index (κ3) is 3.89. The van der Waals surface area contributed by atoms with Gasteiger partial charge in [-0.1, -0.05) is 24.3 Å². The third-order valence-corrected chi connectivity index (χ3v) is 3.40. The summed E-state index contributed by atoms with van der Waals surface area (Å²) in [5.74, 6) is 0.0684. The van der Waals surface area contributed by atoms with E-state index in [1.807, 2.05) is 24.3 Å². The molecule has 0 radical (unpaired) electrons. The molecule has 2 rings (SSSR count).